The Hall–Kier alpha value is -1.23. The summed E-state index contributed by atoms with van der Waals surface area (Å²) in [5, 5.41) is 0. The predicted octanol–water partition coefficient (Wildman–Crippen LogP) is 2.62. The van der Waals surface area contributed by atoms with Crippen molar-refractivity contribution < 1.29 is 0 Å². The molecule has 90 valence electrons. The number of thiazole rings is 1. The summed E-state index contributed by atoms with van der Waals surface area (Å²) >= 11 is 1.62. The van der Waals surface area contributed by atoms with Crippen LogP contribution in [0.5, 0.6) is 0 Å². The zero-order chi connectivity index (χ0) is 12.4. The highest BCUT2D eigenvalue weighted by atomic mass is 32.1. The Morgan fingerprint density at radius 2 is 1.88 bits per heavy atom. The molecule has 2 rings (SSSR count). The van der Waals surface area contributed by atoms with Crippen molar-refractivity contribution in [1.82, 2.24) is 10.4 Å². The molecule has 3 N–H and O–H groups in total. The number of nitrogens with one attached hydrogen (secondary N) is 1. The summed E-state index contributed by atoms with van der Waals surface area (Å²) in [6.07, 6.45) is 1.86. The molecule has 0 aliphatic heterocycles. The number of nitrogens with two attached hydrogens (primary N) is 1. The van der Waals surface area contributed by atoms with Gasteiger partial charge in [0.15, 0.2) is 0 Å². The molecule has 0 aliphatic rings. The Morgan fingerprint density at radius 1 is 1.18 bits per heavy atom. The van der Waals surface area contributed by atoms with Crippen LogP contribution in [0.15, 0.2) is 23.8 Å². The van der Waals surface area contributed by atoms with Crippen LogP contribution >= 0.6 is 11.3 Å². The van der Waals surface area contributed by atoms with Gasteiger partial charge in [-0.25, -0.2) is 5.43 Å². The van der Waals surface area contributed by atoms with Crippen LogP contribution in [0.1, 0.15) is 33.2 Å². The summed E-state index contributed by atoms with van der Waals surface area (Å²) in [6, 6.07) is 4.44. The highest BCUT2D eigenvalue weighted by Gasteiger charge is 2.16. The van der Waals surface area contributed by atoms with E-state index >= 15 is 0 Å². The molecule has 2 aromatic rings. The molecule has 1 unspecified atom stereocenters. The van der Waals surface area contributed by atoms with Gasteiger partial charge in [0.2, 0.25) is 0 Å². The molecule has 0 bridgehead atoms. The van der Waals surface area contributed by atoms with E-state index in [1.807, 2.05) is 11.7 Å². The van der Waals surface area contributed by atoms with E-state index in [9.17, 15) is 0 Å². The molecule has 1 aromatic carbocycles. The molecule has 1 aromatic heterocycles. The average molecular weight is 247 g/mol. The van der Waals surface area contributed by atoms with E-state index in [1.165, 1.54) is 22.3 Å². The Bertz CT molecular complexity index is 506. The summed E-state index contributed by atoms with van der Waals surface area (Å²) in [5.41, 5.74) is 9.78. The van der Waals surface area contributed by atoms with Gasteiger partial charge in [0.05, 0.1) is 11.6 Å². The third kappa shape index (κ3) is 2.39. The van der Waals surface area contributed by atoms with Gasteiger partial charge < -0.3 is 0 Å². The fraction of sp³-hybridized carbons (Fsp3) is 0.308. The monoisotopic (exact) mass is 247 g/mol. The minimum absolute atomic E-state index is 0.0294. The molecular weight excluding hydrogens is 230 g/mol. The molecule has 4 heteroatoms. The Labute approximate surface area is 106 Å². The lowest BCUT2D eigenvalue weighted by atomic mass is 9.95. The van der Waals surface area contributed by atoms with Crippen LogP contribution in [0.3, 0.4) is 0 Å². The van der Waals surface area contributed by atoms with E-state index in [-0.39, 0.29) is 6.04 Å². The first-order chi connectivity index (χ1) is 8.13. The first-order valence-corrected chi connectivity index (χ1v) is 6.43. The normalized spacial score (nSPS) is 12.7. The fourth-order valence-electron chi connectivity index (χ4n) is 1.99. The maximum Gasteiger partial charge on any atom is 0.0821 e. The van der Waals surface area contributed by atoms with E-state index in [1.54, 1.807) is 11.3 Å². The van der Waals surface area contributed by atoms with Crippen LogP contribution in [0.2, 0.25) is 0 Å². The molecule has 0 spiro atoms. The highest BCUT2D eigenvalue weighted by molar-refractivity contribution is 7.09. The second-order valence-corrected chi connectivity index (χ2v) is 5.21. The summed E-state index contributed by atoms with van der Waals surface area (Å²) in [6.45, 7) is 6.37. The minimum Gasteiger partial charge on any atom is -0.271 e. The molecule has 0 amide bonds. The zero-order valence-electron chi connectivity index (χ0n) is 10.3. The number of hydrazine groups is 1. The van der Waals surface area contributed by atoms with Crippen molar-refractivity contribution in [3.63, 3.8) is 0 Å². The van der Waals surface area contributed by atoms with Gasteiger partial charge in [0.1, 0.15) is 0 Å². The van der Waals surface area contributed by atoms with E-state index in [0.717, 1.165) is 4.88 Å². The molecule has 0 fully saturated rings. The van der Waals surface area contributed by atoms with Gasteiger partial charge in [-0.1, -0.05) is 12.1 Å². The van der Waals surface area contributed by atoms with Crippen molar-refractivity contribution in [2.45, 2.75) is 26.8 Å². The van der Waals surface area contributed by atoms with Gasteiger partial charge in [0.25, 0.3) is 0 Å². The van der Waals surface area contributed by atoms with Crippen molar-refractivity contribution in [3.05, 3.63) is 51.0 Å². The predicted molar refractivity (Wildman–Crippen MR) is 71.9 cm³/mol. The summed E-state index contributed by atoms with van der Waals surface area (Å²) < 4.78 is 0. The Balaban J connectivity index is 2.48. The van der Waals surface area contributed by atoms with Crippen LogP contribution in [0.25, 0.3) is 0 Å². The molecular formula is C13H17N3S. The topological polar surface area (TPSA) is 50.9 Å². The molecule has 0 radical (unpaired) electrons. The smallest absolute Gasteiger partial charge is 0.0821 e. The van der Waals surface area contributed by atoms with Crippen molar-refractivity contribution in [2.75, 3.05) is 0 Å². The number of hydrogen-bond acceptors (Lipinski definition) is 4. The lowest BCUT2D eigenvalue weighted by Crippen LogP contribution is -2.28. The largest absolute Gasteiger partial charge is 0.271 e. The SMILES string of the molecule is Cc1cc(C)c(C(NN)c2cncs2)cc1C. The van der Waals surface area contributed by atoms with Gasteiger partial charge in [-0.2, -0.15) is 0 Å². The third-order valence-corrected chi connectivity index (χ3v) is 3.94. The van der Waals surface area contributed by atoms with Gasteiger partial charge in [-0.05, 0) is 43.0 Å². The number of rotatable bonds is 3. The zero-order valence-corrected chi connectivity index (χ0v) is 11.1. The number of nitrogens with zero attached hydrogens (tertiary/aromatic N) is 1. The molecule has 0 saturated carbocycles. The molecule has 0 saturated heterocycles. The van der Waals surface area contributed by atoms with Gasteiger partial charge in [-0.15, -0.1) is 11.3 Å². The average Bonchev–Trinajstić information content (AvgIpc) is 2.80. The lowest BCUT2D eigenvalue weighted by Gasteiger charge is -2.18. The summed E-state index contributed by atoms with van der Waals surface area (Å²) in [7, 11) is 0. The van der Waals surface area contributed by atoms with Gasteiger partial charge >= 0.3 is 0 Å². The van der Waals surface area contributed by atoms with Crippen LogP contribution in [0, 0.1) is 20.8 Å². The van der Waals surface area contributed by atoms with Gasteiger partial charge in [0, 0.05) is 11.1 Å². The summed E-state index contributed by atoms with van der Waals surface area (Å²) in [5.74, 6) is 5.68. The molecule has 1 heterocycles. The number of hydrogen-bond donors (Lipinski definition) is 2. The van der Waals surface area contributed by atoms with E-state index in [2.05, 4.69) is 43.3 Å². The second-order valence-electron chi connectivity index (χ2n) is 4.30. The number of benzene rings is 1. The van der Waals surface area contributed by atoms with Crippen LogP contribution in [-0.4, -0.2) is 4.98 Å². The van der Waals surface area contributed by atoms with Crippen LogP contribution < -0.4 is 11.3 Å². The van der Waals surface area contributed by atoms with E-state index in [4.69, 9.17) is 5.84 Å². The molecule has 1 atom stereocenters. The van der Waals surface area contributed by atoms with Crippen LogP contribution in [-0.2, 0) is 0 Å². The quantitative estimate of drug-likeness (QED) is 0.647. The Morgan fingerprint density at radius 3 is 2.47 bits per heavy atom. The highest BCUT2D eigenvalue weighted by Crippen LogP contribution is 2.28. The standard InChI is InChI=1S/C13H17N3S/c1-8-4-10(3)11(5-9(8)2)13(16-14)12-6-15-7-17-12/h4-7,13,16H,14H2,1-3H3. The first-order valence-electron chi connectivity index (χ1n) is 5.55. The molecule has 3 nitrogen and oxygen atoms in total. The third-order valence-electron chi connectivity index (χ3n) is 3.10. The maximum atomic E-state index is 5.68. The van der Waals surface area contributed by atoms with E-state index in [0.29, 0.717) is 0 Å². The molecule has 17 heavy (non-hydrogen) atoms. The Kier molecular flexibility index (Phi) is 3.57. The van der Waals surface area contributed by atoms with Gasteiger partial charge in [-0.3, -0.25) is 10.8 Å². The number of aromatic nitrogens is 1. The lowest BCUT2D eigenvalue weighted by molar-refractivity contribution is 0.641. The van der Waals surface area contributed by atoms with Crippen molar-refractivity contribution in [1.29, 1.82) is 0 Å². The number of aryl methyl sites for hydroxylation is 3. The minimum atomic E-state index is 0.0294. The molecule has 0 aliphatic carbocycles. The second kappa shape index (κ2) is 4.96. The van der Waals surface area contributed by atoms with E-state index < -0.39 is 0 Å². The van der Waals surface area contributed by atoms with Crippen molar-refractivity contribution >= 4 is 11.3 Å². The fourth-order valence-corrected chi connectivity index (χ4v) is 2.68. The summed E-state index contributed by atoms with van der Waals surface area (Å²) in [4.78, 5) is 5.25. The van der Waals surface area contributed by atoms with Crippen LogP contribution in [0.4, 0.5) is 0 Å². The van der Waals surface area contributed by atoms with Crippen molar-refractivity contribution in [3.8, 4) is 0 Å². The van der Waals surface area contributed by atoms with Crippen molar-refractivity contribution in [2.24, 2.45) is 5.84 Å². The first kappa shape index (κ1) is 12.2. The maximum absolute atomic E-state index is 5.68.